The molecule has 0 aliphatic carbocycles. The first-order valence-electron chi connectivity index (χ1n) is 15.8. The number of ether oxygens (including phenoxy) is 3. The second-order valence-corrected chi connectivity index (χ2v) is 13.4. The minimum atomic E-state index is -1.09. The zero-order valence-electron chi connectivity index (χ0n) is 27.1. The number of aromatic nitrogens is 2. The number of methoxy groups -OCH3 is 1. The van der Waals surface area contributed by atoms with Crippen LogP contribution in [-0.4, -0.2) is 40.7 Å². The quantitative estimate of drug-likeness (QED) is 0.0712. The van der Waals surface area contributed by atoms with Crippen LogP contribution in [0, 0.1) is 0 Å². The number of Topliss-reactive ketones (excluding diaryl/α,β-unsaturated/α-hetero) is 1. The van der Waals surface area contributed by atoms with E-state index in [1.54, 1.807) is 42.5 Å². The summed E-state index contributed by atoms with van der Waals surface area (Å²) in [7, 11) is 1.51. The number of carbonyl (C=O) groups is 2. The van der Waals surface area contributed by atoms with Gasteiger partial charge in [-0.15, -0.1) is 10.2 Å². The Morgan fingerprint density at radius 1 is 0.900 bits per heavy atom. The third kappa shape index (κ3) is 6.55. The van der Waals surface area contributed by atoms with Crippen LogP contribution in [0.4, 0.5) is 5.13 Å². The Balaban J connectivity index is 1.27. The summed E-state index contributed by atoms with van der Waals surface area (Å²) in [5.41, 5.74) is 2.79. The summed E-state index contributed by atoms with van der Waals surface area (Å²) in [6.45, 7) is 2.50. The highest BCUT2D eigenvalue weighted by Crippen LogP contribution is 2.46. The second kappa shape index (κ2) is 14.5. The third-order valence-electron chi connectivity index (χ3n) is 8.03. The fraction of sp³-hybridized carbons (Fsp3) is 0.158. The number of para-hydroxylation sites is 1. The number of amides is 1. The summed E-state index contributed by atoms with van der Waals surface area (Å²) in [5.74, 6) is -0.219. The summed E-state index contributed by atoms with van der Waals surface area (Å²) >= 11 is 2.67. The summed E-state index contributed by atoms with van der Waals surface area (Å²) in [5, 5.41) is 20.9. The number of aliphatic hydroxyl groups is 1. The predicted molar refractivity (Wildman–Crippen MR) is 191 cm³/mol. The maximum Gasteiger partial charge on any atom is 0.296 e. The van der Waals surface area contributed by atoms with Gasteiger partial charge in [0, 0.05) is 11.1 Å². The molecule has 7 rings (SSSR count). The number of hydrogen-bond donors (Lipinski definition) is 1. The minimum absolute atomic E-state index is 0.0603. The molecule has 0 fully saturated rings. The van der Waals surface area contributed by atoms with Crippen LogP contribution in [0.1, 0.15) is 40.2 Å². The summed E-state index contributed by atoms with van der Waals surface area (Å²) < 4.78 is 24.2. The van der Waals surface area contributed by atoms with E-state index in [1.165, 1.54) is 35.1 Å². The van der Waals surface area contributed by atoms with E-state index in [4.69, 9.17) is 18.6 Å². The molecule has 3 heterocycles. The lowest BCUT2D eigenvalue weighted by Crippen LogP contribution is -2.31. The first-order valence-corrected chi connectivity index (χ1v) is 17.6. The molecular weight excluding hydrogens is 675 g/mol. The van der Waals surface area contributed by atoms with E-state index in [0.717, 1.165) is 11.1 Å². The predicted octanol–water partition coefficient (Wildman–Crippen LogP) is 8.35. The maximum atomic E-state index is 14.3. The van der Waals surface area contributed by atoms with Crippen molar-refractivity contribution < 1.29 is 33.3 Å². The number of carbonyl (C=O) groups excluding carboxylic acids is 2. The molecular formula is C38H31N3O7S2. The number of aliphatic hydroxyl groups excluding tert-OH is 1. The van der Waals surface area contributed by atoms with Crippen molar-refractivity contribution in [2.24, 2.45) is 0 Å². The van der Waals surface area contributed by atoms with Crippen molar-refractivity contribution in [2.45, 2.75) is 29.7 Å². The van der Waals surface area contributed by atoms with Crippen LogP contribution in [0.5, 0.6) is 17.2 Å². The molecule has 1 N–H and O–H groups in total. The zero-order chi connectivity index (χ0) is 34.6. The van der Waals surface area contributed by atoms with Crippen molar-refractivity contribution in [1.29, 1.82) is 0 Å². The Morgan fingerprint density at radius 3 is 2.40 bits per heavy atom. The van der Waals surface area contributed by atoms with E-state index >= 15 is 0 Å². The monoisotopic (exact) mass is 705 g/mol. The van der Waals surface area contributed by atoms with Gasteiger partial charge >= 0.3 is 0 Å². The highest BCUT2D eigenvalue weighted by atomic mass is 32.2. The molecule has 50 heavy (non-hydrogen) atoms. The molecule has 4 aromatic carbocycles. The van der Waals surface area contributed by atoms with Crippen molar-refractivity contribution in [3.63, 3.8) is 0 Å². The first-order chi connectivity index (χ1) is 24.4. The van der Waals surface area contributed by atoms with E-state index in [-0.39, 0.29) is 16.5 Å². The number of fused-ring (bicyclic) bond motifs is 1. The lowest BCUT2D eigenvalue weighted by atomic mass is 9.95. The number of ketones is 1. The van der Waals surface area contributed by atoms with Crippen LogP contribution in [0.3, 0.4) is 0 Å². The van der Waals surface area contributed by atoms with Gasteiger partial charge in [-0.25, -0.2) is 0 Å². The molecule has 252 valence electrons. The van der Waals surface area contributed by atoms with Crippen LogP contribution < -0.4 is 19.1 Å². The van der Waals surface area contributed by atoms with E-state index in [1.807, 2.05) is 67.6 Å². The van der Waals surface area contributed by atoms with Crippen LogP contribution in [0.2, 0.25) is 0 Å². The van der Waals surface area contributed by atoms with Gasteiger partial charge < -0.3 is 23.7 Å². The number of nitrogens with zero attached hydrogens (tertiary/aromatic N) is 3. The lowest BCUT2D eigenvalue weighted by molar-refractivity contribution is -0.117. The number of furan rings is 1. The third-order valence-corrected chi connectivity index (χ3v) is 10.2. The fourth-order valence-corrected chi connectivity index (χ4v) is 7.51. The van der Waals surface area contributed by atoms with Crippen molar-refractivity contribution in [3.05, 3.63) is 137 Å². The van der Waals surface area contributed by atoms with Crippen LogP contribution >= 0.6 is 23.1 Å². The highest BCUT2D eigenvalue weighted by Gasteiger charge is 2.47. The molecule has 1 aliphatic rings. The number of benzene rings is 4. The number of anilines is 1. The van der Waals surface area contributed by atoms with Crippen molar-refractivity contribution >= 4 is 50.9 Å². The highest BCUT2D eigenvalue weighted by molar-refractivity contribution is 8.00. The average molecular weight is 706 g/mol. The molecule has 0 saturated heterocycles. The van der Waals surface area contributed by atoms with Gasteiger partial charge in [-0.3, -0.25) is 14.5 Å². The fourth-order valence-electron chi connectivity index (χ4n) is 5.69. The first kappa shape index (κ1) is 32.9. The topological polar surface area (TPSA) is 124 Å². The number of hydrogen-bond acceptors (Lipinski definition) is 11. The smallest absolute Gasteiger partial charge is 0.296 e. The van der Waals surface area contributed by atoms with Crippen LogP contribution in [-0.2, 0) is 17.2 Å². The number of rotatable bonds is 13. The van der Waals surface area contributed by atoms with Gasteiger partial charge in [0.05, 0.1) is 25.3 Å². The van der Waals surface area contributed by atoms with Gasteiger partial charge in [-0.1, -0.05) is 102 Å². The Kier molecular flexibility index (Phi) is 9.54. The van der Waals surface area contributed by atoms with Crippen molar-refractivity contribution in [1.82, 2.24) is 10.2 Å². The van der Waals surface area contributed by atoms with E-state index < -0.39 is 23.5 Å². The van der Waals surface area contributed by atoms with Gasteiger partial charge in [0.2, 0.25) is 10.9 Å². The van der Waals surface area contributed by atoms with E-state index in [2.05, 4.69) is 10.2 Å². The van der Waals surface area contributed by atoms with Gasteiger partial charge in [0.15, 0.2) is 38.7 Å². The SMILES string of the molecule is CCOc1cc(C2C(C(=O)c3cc4cccc(OC)c4o3)=C(O)C(=O)N2c2nnc(SCc3ccccc3)s2)ccc1OCc1ccccc1. The second-order valence-electron chi connectivity index (χ2n) is 11.2. The molecule has 0 bridgehead atoms. The maximum absolute atomic E-state index is 14.3. The van der Waals surface area contributed by atoms with Gasteiger partial charge in [-0.05, 0) is 47.9 Å². The van der Waals surface area contributed by atoms with Crippen molar-refractivity contribution in [2.75, 3.05) is 18.6 Å². The van der Waals surface area contributed by atoms with Gasteiger partial charge in [-0.2, -0.15) is 0 Å². The van der Waals surface area contributed by atoms with Crippen LogP contribution in [0.15, 0.2) is 123 Å². The summed E-state index contributed by atoms with van der Waals surface area (Å²) in [6, 6.07) is 30.6. The molecule has 1 atom stereocenters. The van der Waals surface area contributed by atoms with Crippen LogP contribution in [0.25, 0.3) is 11.0 Å². The Bertz CT molecular complexity index is 2200. The molecule has 1 amide bonds. The summed E-state index contributed by atoms with van der Waals surface area (Å²) in [4.78, 5) is 29.5. The molecule has 0 spiro atoms. The minimum Gasteiger partial charge on any atom is -0.503 e. The molecule has 1 aliphatic heterocycles. The van der Waals surface area contributed by atoms with E-state index in [0.29, 0.717) is 57.1 Å². The van der Waals surface area contributed by atoms with E-state index in [9.17, 15) is 14.7 Å². The normalized spacial score (nSPS) is 14.4. The molecule has 1 unspecified atom stereocenters. The summed E-state index contributed by atoms with van der Waals surface area (Å²) in [6.07, 6.45) is 0. The molecule has 12 heteroatoms. The van der Waals surface area contributed by atoms with Gasteiger partial charge in [0.25, 0.3) is 5.91 Å². The average Bonchev–Trinajstić information content (AvgIpc) is 3.87. The van der Waals surface area contributed by atoms with Crippen molar-refractivity contribution in [3.8, 4) is 17.2 Å². The molecule has 6 aromatic rings. The number of thioether (sulfide) groups is 1. The molecule has 0 radical (unpaired) electrons. The zero-order valence-corrected chi connectivity index (χ0v) is 28.7. The Labute approximate surface area is 295 Å². The molecule has 2 aromatic heterocycles. The lowest BCUT2D eigenvalue weighted by Gasteiger charge is -2.25. The standard InChI is InChI=1S/C38H31N3O7S2/c1-3-46-29-19-25(17-18-27(29)47-21-23-11-6-4-7-12-23)32-31(33(42)30-20-26-15-10-16-28(45-2)35(26)48-30)34(43)36(44)41(32)37-39-40-38(50-37)49-22-24-13-8-5-9-14-24/h4-20,32,43H,3,21-22H2,1-2H3. The Hall–Kier alpha value is -5.59. The van der Waals surface area contributed by atoms with Gasteiger partial charge in [0.1, 0.15) is 6.61 Å². The Morgan fingerprint density at radius 2 is 1.66 bits per heavy atom. The molecule has 0 saturated carbocycles. The molecule has 10 nitrogen and oxygen atoms in total. The largest absolute Gasteiger partial charge is 0.503 e.